The Kier molecular flexibility index (Phi) is 7.05. The molecule has 0 bridgehead atoms. The summed E-state index contributed by atoms with van der Waals surface area (Å²) in [7, 11) is 0. The maximum absolute atomic E-state index is 9.62. The Balaban J connectivity index is 0.00000289. The summed E-state index contributed by atoms with van der Waals surface area (Å²) in [5.41, 5.74) is 4.34. The molecule has 4 aromatic heterocycles. The molecule has 35 heavy (non-hydrogen) atoms. The van der Waals surface area contributed by atoms with E-state index in [1.165, 1.54) is 0 Å². The van der Waals surface area contributed by atoms with Crippen LogP contribution in [0, 0.1) is 18.3 Å². The molecule has 0 radical (unpaired) electrons. The summed E-state index contributed by atoms with van der Waals surface area (Å²) in [5.74, 6) is 0.490. The van der Waals surface area contributed by atoms with Crippen molar-refractivity contribution in [2.45, 2.75) is 58.7 Å². The number of hydrogen-bond acceptors (Lipinski definition) is 8. The lowest BCUT2D eigenvalue weighted by atomic mass is 10.1. The van der Waals surface area contributed by atoms with Crippen molar-refractivity contribution in [1.29, 1.82) is 5.26 Å². The van der Waals surface area contributed by atoms with Crippen molar-refractivity contribution in [2.75, 3.05) is 13.1 Å². The first-order chi connectivity index (χ1) is 16.5. The predicted molar refractivity (Wildman–Crippen MR) is 131 cm³/mol. The van der Waals surface area contributed by atoms with E-state index in [1.54, 1.807) is 15.3 Å². The van der Waals surface area contributed by atoms with Crippen LogP contribution in [-0.4, -0.2) is 52.5 Å². The fourth-order valence-electron chi connectivity index (χ4n) is 4.36. The van der Waals surface area contributed by atoms with Crippen LogP contribution in [0.5, 0.6) is 5.88 Å². The van der Waals surface area contributed by atoms with Gasteiger partial charge in [0.05, 0.1) is 24.1 Å². The smallest absolute Gasteiger partial charge is 0.201 e. The van der Waals surface area contributed by atoms with Crippen LogP contribution in [0.3, 0.4) is 0 Å². The molecule has 12 heteroatoms. The van der Waals surface area contributed by atoms with Gasteiger partial charge in [-0.15, -0.1) is 22.6 Å². The lowest BCUT2D eigenvalue weighted by Crippen LogP contribution is -2.30. The normalized spacial score (nSPS) is 15.2. The van der Waals surface area contributed by atoms with Gasteiger partial charge in [0.25, 0.3) is 0 Å². The summed E-state index contributed by atoms with van der Waals surface area (Å²) in [6, 6.07) is 6.53. The van der Waals surface area contributed by atoms with Gasteiger partial charge in [-0.2, -0.15) is 5.26 Å². The lowest BCUT2D eigenvalue weighted by Gasteiger charge is -2.23. The minimum atomic E-state index is -0.383. The molecule has 0 amide bonds. The maximum Gasteiger partial charge on any atom is 0.201 e. The number of nitrogens with one attached hydrogen (secondary N) is 1. The second kappa shape index (κ2) is 10.0. The molecular formula is C23H29ClN10O. The van der Waals surface area contributed by atoms with E-state index < -0.39 is 0 Å². The van der Waals surface area contributed by atoms with E-state index in [-0.39, 0.29) is 24.6 Å². The van der Waals surface area contributed by atoms with Crippen molar-refractivity contribution in [3.05, 3.63) is 41.6 Å². The zero-order valence-corrected chi connectivity index (χ0v) is 21.0. The van der Waals surface area contributed by atoms with Crippen molar-refractivity contribution in [2.24, 2.45) is 0 Å². The second-order valence-electron chi connectivity index (χ2n) is 8.96. The highest BCUT2D eigenvalue weighted by Crippen LogP contribution is 2.32. The molecule has 1 N–H and O–H groups in total. The molecule has 1 unspecified atom stereocenters. The summed E-state index contributed by atoms with van der Waals surface area (Å²) >= 11 is 0. The summed E-state index contributed by atoms with van der Waals surface area (Å²) in [6.07, 6.45) is 5.09. The van der Waals surface area contributed by atoms with Crippen molar-refractivity contribution < 1.29 is 4.74 Å². The lowest BCUT2D eigenvalue weighted by molar-refractivity contribution is 0.210. The Labute approximate surface area is 209 Å². The first kappa shape index (κ1) is 24.6. The Morgan fingerprint density at radius 3 is 2.60 bits per heavy atom. The molecule has 1 saturated heterocycles. The highest BCUT2D eigenvalue weighted by Gasteiger charge is 2.23. The number of nitriles is 1. The van der Waals surface area contributed by atoms with Gasteiger partial charge >= 0.3 is 0 Å². The number of hydrogen-bond donors (Lipinski definition) is 1. The van der Waals surface area contributed by atoms with Crippen molar-refractivity contribution in [3.63, 3.8) is 0 Å². The third-order valence-corrected chi connectivity index (χ3v) is 6.31. The van der Waals surface area contributed by atoms with Gasteiger partial charge in [-0.05, 0) is 59.7 Å². The maximum atomic E-state index is 9.62. The number of piperidine rings is 1. The van der Waals surface area contributed by atoms with Crippen LogP contribution in [0.15, 0.2) is 24.5 Å². The summed E-state index contributed by atoms with van der Waals surface area (Å²) in [6.45, 7) is 10.00. The molecule has 4 aromatic rings. The number of aromatic nitrogens is 8. The van der Waals surface area contributed by atoms with E-state index in [2.05, 4.69) is 37.0 Å². The van der Waals surface area contributed by atoms with Crippen LogP contribution in [0.25, 0.3) is 16.9 Å². The first-order valence-electron chi connectivity index (χ1n) is 11.6. The minimum absolute atomic E-state index is 0. The number of nitrogens with zero attached hydrogens (tertiary/aromatic N) is 9. The predicted octanol–water partition coefficient (Wildman–Crippen LogP) is 3.43. The van der Waals surface area contributed by atoms with Crippen LogP contribution in [0.1, 0.15) is 68.9 Å². The number of fused-ring (bicyclic) bond motifs is 1. The molecule has 5 rings (SSSR count). The summed E-state index contributed by atoms with van der Waals surface area (Å²) in [5, 5.41) is 30.4. The third-order valence-electron chi connectivity index (χ3n) is 6.31. The number of ether oxygens (including phenoxy) is 1. The molecule has 1 atom stereocenters. The molecule has 11 nitrogen and oxygen atoms in total. The Morgan fingerprint density at radius 1 is 1.14 bits per heavy atom. The Morgan fingerprint density at radius 2 is 1.91 bits per heavy atom. The Bertz CT molecular complexity index is 1360. The molecule has 0 saturated carbocycles. The van der Waals surface area contributed by atoms with Crippen LogP contribution in [-0.2, 0) is 0 Å². The molecule has 1 aliphatic heterocycles. The van der Waals surface area contributed by atoms with E-state index in [0.717, 1.165) is 42.9 Å². The van der Waals surface area contributed by atoms with E-state index in [9.17, 15) is 5.26 Å². The van der Waals surface area contributed by atoms with Crippen LogP contribution < -0.4 is 10.1 Å². The minimum Gasteiger partial charge on any atom is -0.469 e. The molecule has 1 aliphatic rings. The van der Waals surface area contributed by atoms with Crippen molar-refractivity contribution >= 4 is 18.1 Å². The van der Waals surface area contributed by atoms with Gasteiger partial charge in [-0.25, -0.2) is 14.3 Å². The monoisotopic (exact) mass is 496 g/mol. The molecule has 0 aliphatic carbocycles. The molecule has 1 fully saturated rings. The number of imidazole rings is 1. The molecule has 5 heterocycles. The zero-order chi connectivity index (χ0) is 23.8. The van der Waals surface area contributed by atoms with Gasteiger partial charge < -0.3 is 10.1 Å². The number of rotatable bonds is 6. The van der Waals surface area contributed by atoms with Crippen molar-refractivity contribution in [1.82, 2.24) is 44.7 Å². The summed E-state index contributed by atoms with van der Waals surface area (Å²) in [4.78, 5) is 4.44. The fourth-order valence-corrected chi connectivity index (χ4v) is 4.36. The highest BCUT2D eigenvalue weighted by molar-refractivity contribution is 5.85. The largest absolute Gasteiger partial charge is 0.469 e. The van der Waals surface area contributed by atoms with Gasteiger partial charge in [0.15, 0.2) is 0 Å². The van der Waals surface area contributed by atoms with Gasteiger partial charge in [-0.3, -0.25) is 4.40 Å². The van der Waals surface area contributed by atoms with Gasteiger partial charge in [0, 0.05) is 17.7 Å². The van der Waals surface area contributed by atoms with Gasteiger partial charge in [0.1, 0.15) is 34.9 Å². The molecule has 184 valence electrons. The number of halogens is 1. The third kappa shape index (κ3) is 4.59. The van der Waals surface area contributed by atoms with Crippen LogP contribution in [0.2, 0.25) is 0 Å². The second-order valence-corrected chi connectivity index (χ2v) is 8.96. The average molecular weight is 497 g/mol. The number of pyridine rings is 1. The molecule has 0 aromatic carbocycles. The van der Waals surface area contributed by atoms with Crippen molar-refractivity contribution in [3.8, 4) is 23.2 Å². The topological polar surface area (TPSA) is 124 Å². The average Bonchev–Trinajstić information content (AvgIpc) is 3.57. The quantitative estimate of drug-likeness (QED) is 0.430. The van der Waals surface area contributed by atoms with Gasteiger partial charge in [-0.1, -0.05) is 10.4 Å². The first-order valence-corrected chi connectivity index (χ1v) is 11.6. The zero-order valence-electron chi connectivity index (χ0n) is 20.2. The van der Waals surface area contributed by atoms with Gasteiger partial charge in [0.2, 0.25) is 5.88 Å². The van der Waals surface area contributed by atoms with E-state index in [0.29, 0.717) is 29.0 Å². The fraction of sp³-hybridized carbons (Fsp3) is 0.478. The van der Waals surface area contributed by atoms with E-state index in [4.69, 9.17) is 4.74 Å². The van der Waals surface area contributed by atoms with E-state index >= 15 is 0 Å². The standard InChI is InChI=1S/C23H28N10O.ClH/c1-14(2)31-13-20(27-29-31)16(4)34-22-10-17(9-21-26-12-19(11-24)32(21)22)23-15(3)33(30-28-23)18-5-7-25-8-6-18;/h9-10,12-14,16,18,25H,5-8H2,1-4H3;1H. The molecule has 0 spiro atoms. The Hall–Kier alpha value is -3.49. The summed E-state index contributed by atoms with van der Waals surface area (Å²) < 4.78 is 11.9. The SMILES string of the molecule is Cc1c(-c2cc(OC(C)c3cn(C(C)C)nn3)n3c(C#N)cnc3c2)nnn1C1CCNCC1.Cl. The highest BCUT2D eigenvalue weighted by atomic mass is 35.5. The van der Waals surface area contributed by atoms with Crippen LogP contribution in [0.4, 0.5) is 0 Å². The van der Waals surface area contributed by atoms with E-state index in [1.807, 2.05) is 50.7 Å². The van der Waals surface area contributed by atoms with Crippen LogP contribution >= 0.6 is 12.4 Å². The molecular weight excluding hydrogens is 468 g/mol.